The second-order valence-electron chi connectivity index (χ2n) is 2.44. The standard InChI is InChI=1S/C8H15BrO3/c9-5-3-1-2-4-8(11)12-7-6-10/h10H,1-7H2. The van der Waals surface area contributed by atoms with Crippen molar-refractivity contribution in [1.82, 2.24) is 0 Å². The maximum atomic E-state index is 10.8. The average Bonchev–Trinajstić information content (AvgIpc) is 2.09. The lowest BCUT2D eigenvalue weighted by atomic mass is 10.2. The van der Waals surface area contributed by atoms with Crippen LogP contribution in [0.5, 0.6) is 0 Å². The molecule has 1 N–H and O–H groups in total. The van der Waals surface area contributed by atoms with E-state index < -0.39 is 0 Å². The Kier molecular flexibility index (Phi) is 8.93. The number of ether oxygens (including phenoxy) is 1. The van der Waals surface area contributed by atoms with Gasteiger partial charge in [0.2, 0.25) is 0 Å². The number of hydrogen-bond donors (Lipinski definition) is 1. The number of hydrogen-bond acceptors (Lipinski definition) is 3. The average molecular weight is 239 g/mol. The van der Waals surface area contributed by atoms with Gasteiger partial charge in [0.25, 0.3) is 0 Å². The fraction of sp³-hybridized carbons (Fsp3) is 0.875. The van der Waals surface area contributed by atoms with Gasteiger partial charge in [-0.1, -0.05) is 22.4 Å². The van der Waals surface area contributed by atoms with E-state index in [1.54, 1.807) is 0 Å². The maximum absolute atomic E-state index is 10.8. The molecule has 0 bridgehead atoms. The van der Waals surface area contributed by atoms with Gasteiger partial charge >= 0.3 is 5.97 Å². The number of aliphatic hydroxyl groups excluding tert-OH is 1. The molecule has 12 heavy (non-hydrogen) atoms. The highest BCUT2D eigenvalue weighted by Gasteiger charge is 2.00. The molecule has 0 atom stereocenters. The Labute approximate surface area is 81.2 Å². The Hall–Kier alpha value is -0.0900. The van der Waals surface area contributed by atoms with Crippen LogP contribution < -0.4 is 0 Å². The number of esters is 1. The largest absolute Gasteiger partial charge is 0.463 e. The summed E-state index contributed by atoms with van der Waals surface area (Å²) in [7, 11) is 0. The third-order valence-corrected chi connectivity index (χ3v) is 1.93. The van der Waals surface area contributed by atoms with Crippen LogP contribution in [0.1, 0.15) is 25.7 Å². The molecule has 0 aliphatic carbocycles. The highest BCUT2D eigenvalue weighted by Crippen LogP contribution is 2.02. The second-order valence-corrected chi connectivity index (χ2v) is 3.24. The van der Waals surface area contributed by atoms with Crippen LogP contribution in [-0.4, -0.2) is 29.6 Å². The lowest BCUT2D eigenvalue weighted by molar-refractivity contribution is -0.144. The van der Waals surface area contributed by atoms with E-state index in [1.807, 2.05) is 0 Å². The summed E-state index contributed by atoms with van der Waals surface area (Å²) in [4.78, 5) is 10.8. The summed E-state index contributed by atoms with van der Waals surface area (Å²) in [5.41, 5.74) is 0. The molecule has 0 aromatic heterocycles. The topological polar surface area (TPSA) is 46.5 Å². The highest BCUT2D eigenvalue weighted by atomic mass is 79.9. The van der Waals surface area contributed by atoms with Gasteiger partial charge in [0, 0.05) is 11.8 Å². The van der Waals surface area contributed by atoms with Crippen LogP contribution in [-0.2, 0) is 9.53 Å². The van der Waals surface area contributed by atoms with Gasteiger partial charge in [-0.3, -0.25) is 4.79 Å². The molecule has 0 saturated carbocycles. The van der Waals surface area contributed by atoms with Crippen molar-refractivity contribution in [2.75, 3.05) is 18.5 Å². The zero-order valence-electron chi connectivity index (χ0n) is 7.09. The lowest BCUT2D eigenvalue weighted by Crippen LogP contribution is -2.07. The SMILES string of the molecule is O=C(CCCCCBr)OCCO. The molecule has 0 fully saturated rings. The summed E-state index contributed by atoms with van der Waals surface area (Å²) < 4.78 is 4.67. The molecule has 0 radical (unpaired) electrons. The van der Waals surface area contributed by atoms with Crippen molar-refractivity contribution in [2.45, 2.75) is 25.7 Å². The molecule has 0 aliphatic heterocycles. The minimum absolute atomic E-state index is 0.0901. The molecule has 0 amide bonds. The van der Waals surface area contributed by atoms with Gasteiger partial charge < -0.3 is 9.84 Å². The zero-order valence-corrected chi connectivity index (χ0v) is 8.68. The number of aliphatic hydroxyl groups is 1. The van der Waals surface area contributed by atoms with E-state index in [4.69, 9.17) is 5.11 Å². The van der Waals surface area contributed by atoms with Gasteiger partial charge in [0.05, 0.1) is 6.61 Å². The van der Waals surface area contributed by atoms with E-state index in [1.165, 1.54) is 0 Å². The quantitative estimate of drug-likeness (QED) is 0.416. The molecule has 4 heteroatoms. The van der Waals surface area contributed by atoms with Crippen LogP contribution >= 0.6 is 15.9 Å². The Morgan fingerprint density at radius 1 is 1.33 bits per heavy atom. The van der Waals surface area contributed by atoms with Crippen molar-refractivity contribution >= 4 is 21.9 Å². The van der Waals surface area contributed by atoms with E-state index in [0.717, 1.165) is 24.6 Å². The number of carbonyl (C=O) groups excluding carboxylic acids is 1. The molecular weight excluding hydrogens is 224 g/mol. The number of rotatable bonds is 7. The molecule has 0 aliphatic rings. The first-order valence-corrected chi connectivity index (χ1v) is 5.26. The van der Waals surface area contributed by atoms with Crippen molar-refractivity contribution in [2.24, 2.45) is 0 Å². The Morgan fingerprint density at radius 2 is 2.08 bits per heavy atom. The van der Waals surface area contributed by atoms with Crippen LogP contribution in [0.25, 0.3) is 0 Å². The first kappa shape index (κ1) is 11.9. The molecular formula is C8H15BrO3. The minimum atomic E-state index is -0.210. The van der Waals surface area contributed by atoms with Gasteiger partial charge in [0.15, 0.2) is 0 Å². The first-order valence-electron chi connectivity index (χ1n) is 4.13. The minimum Gasteiger partial charge on any atom is -0.463 e. The van der Waals surface area contributed by atoms with Crippen LogP contribution in [0.4, 0.5) is 0 Å². The number of alkyl halides is 1. The van der Waals surface area contributed by atoms with Crippen molar-refractivity contribution in [3.63, 3.8) is 0 Å². The fourth-order valence-corrected chi connectivity index (χ4v) is 1.17. The van der Waals surface area contributed by atoms with Crippen molar-refractivity contribution < 1.29 is 14.6 Å². The summed E-state index contributed by atoms with van der Waals surface area (Å²) in [5.74, 6) is -0.210. The smallest absolute Gasteiger partial charge is 0.305 e. The molecule has 0 rings (SSSR count). The molecule has 0 aromatic rings. The van der Waals surface area contributed by atoms with E-state index in [0.29, 0.717) is 6.42 Å². The van der Waals surface area contributed by atoms with Crippen molar-refractivity contribution in [3.8, 4) is 0 Å². The summed E-state index contributed by atoms with van der Waals surface area (Å²) >= 11 is 3.31. The van der Waals surface area contributed by atoms with Gasteiger partial charge in [-0.25, -0.2) is 0 Å². The zero-order chi connectivity index (χ0) is 9.23. The van der Waals surface area contributed by atoms with Crippen LogP contribution in [0, 0.1) is 0 Å². The normalized spacial score (nSPS) is 9.83. The predicted octanol–water partition coefficient (Wildman–Crippen LogP) is 1.48. The molecule has 0 heterocycles. The predicted molar refractivity (Wildman–Crippen MR) is 50.3 cm³/mol. The third-order valence-electron chi connectivity index (χ3n) is 1.37. The maximum Gasteiger partial charge on any atom is 0.305 e. The van der Waals surface area contributed by atoms with Gasteiger partial charge in [-0.15, -0.1) is 0 Å². The monoisotopic (exact) mass is 238 g/mol. The van der Waals surface area contributed by atoms with Crippen molar-refractivity contribution in [1.29, 1.82) is 0 Å². The summed E-state index contributed by atoms with van der Waals surface area (Å²) in [6.07, 6.45) is 3.47. The lowest BCUT2D eigenvalue weighted by Gasteiger charge is -2.01. The number of halogens is 1. The molecule has 0 spiro atoms. The molecule has 0 unspecified atom stereocenters. The fourth-order valence-electron chi connectivity index (χ4n) is 0.772. The Bertz CT molecular complexity index is 117. The Balaban J connectivity index is 3.08. The van der Waals surface area contributed by atoms with Gasteiger partial charge in [-0.2, -0.15) is 0 Å². The number of carbonyl (C=O) groups is 1. The van der Waals surface area contributed by atoms with Crippen LogP contribution in [0.15, 0.2) is 0 Å². The van der Waals surface area contributed by atoms with Gasteiger partial charge in [-0.05, 0) is 12.8 Å². The van der Waals surface area contributed by atoms with Crippen LogP contribution in [0.2, 0.25) is 0 Å². The third kappa shape index (κ3) is 8.01. The molecule has 3 nitrogen and oxygen atoms in total. The number of unbranched alkanes of at least 4 members (excludes halogenated alkanes) is 2. The summed E-state index contributed by atoms with van der Waals surface area (Å²) in [5, 5.41) is 9.33. The summed E-state index contributed by atoms with van der Waals surface area (Å²) in [6.45, 7) is 0.0322. The Morgan fingerprint density at radius 3 is 2.67 bits per heavy atom. The summed E-state index contributed by atoms with van der Waals surface area (Å²) in [6, 6.07) is 0. The van der Waals surface area contributed by atoms with E-state index in [9.17, 15) is 4.79 Å². The van der Waals surface area contributed by atoms with Crippen molar-refractivity contribution in [3.05, 3.63) is 0 Å². The molecule has 0 saturated heterocycles. The van der Waals surface area contributed by atoms with E-state index in [2.05, 4.69) is 20.7 Å². The second kappa shape index (κ2) is 9.00. The van der Waals surface area contributed by atoms with Crippen LogP contribution in [0.3, 0.4) is 0 Å². The van der Waals surface area contributed by atoms with E-state index in [-0.39, 0.29) is 19.2 Å². The first-order chi connectivity index (χ1) is 5.81. The molecule has 72 valence electrons. The van der Waals surface area contributed by atoms with Gasteiger partial charge in [0.1, 0.15) is 6.61 Å². The van der Waals surface area contributed by atoms with E-state index >= 15 is 0 Å². The molecule has 0 aromatic carbocycles. The highest BCUT2D eigenvalue weighted by molar-refractivity contribution is 9.09.